The molecule has 1 saturated heterocycles. The zero-order valence-electron chi connectivity index (χ0n) is 14.9. The second-order valence-electron chi connectivity index (χ2n) is 6.79. The number of anilines is 1. The number of nitrogens with one attached hydrogen (secondary N) is 1. The van der Waals surface area contributed by atoms with Gasteiger partial charge < -0.3 is 10.2 Å². The summed E-state index contributed by atoms with van der Waals surface area (Å²) in [5.74, 6) is 0.0112. The zero-order valence-corrected chi connectivity index (χ0v) is 14.9. The van der Waals surface area contributed by atoms with E-state index in [9.17, 15) is 4.79 Å². The number of amides is 1. The Morgan fingerprint density at radius 3 is 2.24 bits per heavy atom. The van der Waals surface area contributed by atoms with E-state index in [1.54, 1.807) is 0 Å². The van der Waals surface area contributed by atoms with Gasteiger partial charge in [0.1, 0.15) is 0 Å². The van der Waals surface area contributed by atoms with Crippen LogP contribution in [0.1, 0.15) is 48.0 Å². The van der Waals surface area contributed by atoms with E-state index in [4.69, 9.17) is 0 Å². The maximum Gasteiger partial charge on any atom is 0.251 e. The van der Waals surface area contributed by atoms with E-state index < -0.39 is 0 Å². The molecule has 1 aliphatic rings. The fourth-order valence-electron chi connectivity index (χ4n) is 3.39. The third kappa shape index (κ3) is 5.35. The molecule has 0 aliphatic carbocycles. The molecule has 3 heteroatoms. The Bertz CT molecular complexity index is 643. The Kier molecular flexibility index (Phi) is 6.49. The highest BCUT2D eigenvalue weighted by molar-refractivity contribution is 5.94. The number of carbonyl (C=O) groups is 1. The fourth-order valence-corrected chi connectivity index (χ4v) is 3.39. The van der Waals surface area contributed by atoms with Crippen molar-refractivity contribution >= 4 is 11.6 Å². The Labute approximate surface area is 151 Å². The lowest BCUT2D eigenvalue weighted by Crippen LogP contribution is -2.24. The molecule has 0 bridgehead atoms. The Morgan fingerprint density at radius 1 is 0.880 bits per heavy atom. The van der Waals surface area contributed by atoms with Crippen molar-refractivity contribution < 1.29 is 4.79 Å². The van der Waals surface area contributed by atoms with Gasteiger partial charge in [-0.05, 0) is 55.5 Å². The van der Waals surface area contributed by atoms with Crippen LogP contribution in [0.25, 0.3) is 0 Å². The maximum atomic E-state index is 12.0. The Morgan fingerprint density at radius 2 is 1.56 bits per heavy atom. The van der Waals surface area contributed by atoms with Crippen LogP contribution in [-0.4, -0.2) is 25.5 Å². The minimum Gasteiger partial charge on any atom is -0.372 e. The van der Waals surface area contributed by atoms with Crippen LogP contribution >= 0.6 is 0 Å². The van der Waals surface area contributed by atoms with E-state index in [1.807, 2.05) is 30.3 Å². The van der Waals surface area contributed by atoms with Gasteiger partial charge in [0, 0.05) is 30.9 Å². The molecule has 1 fully saturated rings. The predicted octanol–water partition coefficient (Wildman–Crippen LogP) is 4.43. The summed E-state index contributed by atoms with van der Waals surface area (Å²) in [5.41, 5.74) is 3.42. The van der Waals surface area contributed by atoms with Crippen molar-refractivity contribution in [3.8, 4) is 0 Å². The van der Waals surface area contributed by atoms with Gasteiger partial charge in [0.15, 0.2) is 0 Å². The molecule has 0 saturated carbocycles. The average Bonchev–Trinajstić information content (AvgIpc) is 2.96. The second-order valence-corrected chi connectivity index (χ2v) is 6.79. The number of hydrogen-bond acceptors (Lipinski definition) is 2. The predicted molar refractivity (Wildman–Crippen MR) is 104 cm³/mol. The van der Waals surface area contributed by atoms with Crippen LogP contribution in [0.15, 0.2) is 54.6 Å². The molecule has 0 aromatic heterocycles. The molecule has 132 valence electrons. The summed E-state index contributed by atoms with van der Waals surface area (Å²) in [6.07, 6.45) is 7.30. The Hall–Kier alpha value is -2.29. The highest BCUT2D eigenvalue weighted by Gasteiger charge is 2.09. The lowest BCUT2D eigenvalue weighted by Gasteiger charge is -2.22. The van der Waals surface area contributed by atoms with Crippen molar-refractivity contribution in [1.29, 1.82) is 0 Å². The number of rotatable bonds is 6. The summed E-state index contributed by atoms with van der Waals surface area (Å²) in [6.45, 7) is 3.08. The minimum absolute atomic E-state index is 0.0112. The molecule has 0 atom stereocenters. The van der Waals surface area contributed by atoms with Crippen molar-refractivity contribution in [3.63, 3.8) is 0 Å². The first-order chi connectivity index (χ1) is 12.3. The molecular weight excluding hydrogens is 308 g/mol. The van der Waals surface area contributed by atoms with Crippen molar-refractivity contribution in [2.45, 2.75) is 38.5 Å². The van der Waals surface area contributed by atoms with Gasteiger partial charge in [-0.3, -0.25) is 4.79 Å². The summed E-state index contributed by atoms with van der Waals surface area (Å²) in [6, 6.07) is 18.4. The summed E-state index contributed by atoms with van der Waals surface area (Å²) in [7, 11) is 0. The first-order valence-corrected chi connectivity index (χ1v) is 9.50. The quantitative estimate of drug-likeness (QED) is 0.792. The topological polar surface area (TPSA) is 32.3 Å². The molecule has 3 nitrogen and oxygen atoms in total. The molecule has 2 aromatic carbocycles. The first-order valence-electron chi connectivity index (χ1n) is 9.50. The van der Waals surface area contributed by atoms with Crippen molar-refractivity contribution in [1.82, 2.24) is 5.32 Å². The van der Waals surface area contributed by atoms with Gasteiger partial charge in [-0.2, -0.15) is 0 Å². The van der Waals surface area contributed by atoms with E-state index in [-0.39, 0.29) is 5.91 Å². The molecule has 1 amide bonds. The first kappa shape index (κ1) is 17.5. The lowest BCUT2D eigenvalue weighted by molar-refractivity contribution is 0.0953. The van der Waals surface area contributed by atoms with Crippen molar-refractivity contribution in [2.75, 3.05) is 24.5 Å². The second kappa shape index (κ2) is 9.26. The SMILES string of the molecule is O=C(NCCCc1ccc(N2CCCCCC2)cc1)c1ccccc1. The largest absolute Gasteiger partial charge is 0.372 e. The normalized spacial score (nSPS) is 14.8. The molecule has 1 aliphatic heterocycles. The molecule has 0 unspecified atom stereocenters. The molecular formula is C22H28N2O. The van der Waals surface area contributed by atoms with Crippen LogP contribution in [0.2, 0.25) is 0 Å². The van der Waals surface area contributed by atoms with E-state index in [0.717, 1.165) is 18.4 Å². The van der Waals surface area contributed by atoms with Crippen LogP contribution in [0.3, 0.4) is 0 Å². The van der Waals surface area contributed by atoms with Gasteiger partial charge >= 0.3 is 0 Å². The number of benzene rings is 2. The van der Waals surface area contributed by atoms with Crippen LogP contribution in [0.4, 0.5) is 5.69 Å². The molecule has 3 rings (SSSR count). The molecule has 1 heterocycles. The third-order valence-corrected chi connectivity index (χ3v) is 4.87. The maximum absolute atomic E-state index is 12.0. The van der Waals surface area contributed by atoms with Gasteiger partial charge in [0.2, 0.25) is 0 Å². The minimum atomic E-state index is 0.0112. The molecule has 0 radical (unpaired) electrons. The zero-order chi connectivity index (χ0) is 17.3. The summed E-state index contributed by atoms with van der Waals surface area (Å²) < 4.78 is 0. The third-order valence-electron chi connectivity index (χ3n) is 4.87. The smallest absolute Gasteiger partial charge is 0.251 e. The van der Waals surface area contributed by atoms with Gasteiger partial charge in [0.05, 0.1) is 0 Å². The Balaban J connectivity index is 1.42. The molecule has 2 aromatic rings. The summed E-state index contributed by atoms with van der Waals surface area (Å²) in [5, 5.41) is 2.99. The highest BCUT2D eigenvalue weighted by atomic mass is 16.1. The van der Waals surface area contributed by atoms with Gasteiger partial charge in [-0.25, -0.2) is 0 Å². The van der Waals surface area contributed by atoms with E-state index in [1.165, 1.54) is 50.0 Å². The monoisotopic (exact) mass is 336 g/mol. The summed E-state index contributed by atoms with van der Waals surface area (Å²) >= 11 is 0. The van der Waals surface area contributed by atoms with Crippen LogP contribution in [0.5, 0.6) is 0 Å². The number of aryl methyl sites for hydroxylation is 1. The number of hydrogen-bond donors (Lipinski definition) is 1. The number of nitrogens with zero attached hydrogens (tertiary/aromatic N) is 1. The van der Waals surface area contributed by atoms with Crippen LogP contribution in [-0.2, 0) is 6.42 Å². The average molecular weight is 336 g/mol. The van der Waals surface area contributed by atoms with Crippen molar-refractivity contribution in [2.24, 2.45) is 0 Å². The van der Waals surface area contributed by atoms with Gasteiger partial charge in [-0.15, -0.1) is 0 Å². The number of carbonyl (C=O) groups excluding carboxylic acids is 1. The lowest BCUT2D eigenvalue weighted by atomic mass is 10.1. The van der Waals surface area contributed by atoms with E-state index in [0.29, 0.717) is 6.54 Å². The van der Waals surface area contributed by atoms with E-state index >= 15 is 0 Å². The standard InChI is InChI=1S/C22H28N2O/c25-22(20-10-4-3-5-11-20)23-16-8-9-19-12-14-21(15-13-19)24-17-6-1-2-7-18-24/h3-5,10-15H,1-2,6-9,16-18H2,(H,23,25). The van der Waals surface area contributed by atoms with Crippen molar-refractivity contribution in [3.05, 3.63) is 65.7 Å². The van der Waals surface area contributed by atoms with Crippen LogP contribution in [0, 0.1) is 0 Å². The fraction of sp³-hybridized carbons (Fsp3) is 0.409. The van der Waals surface area contributed by atoms with Crippen LogP contribution < -0.4 is 10.2 Å². The van der Waals surface area contributed by atoms with Gasteiger partial charge in [-0.1, -0.05) is 43.2 Å². The van der Waals surface area contributed by atoms with E-state index in [2.05, 4.69) is 34.5 Å². The molecule has 25 heavy (non-hydrogen) atoms. The molecule has 1 N–H and O–H groups in total. The highest BCUT2D eigenvalue weighted by Crippen LogP contribution is 2.20. The molecule has 0 spiro atoms. The summed E-state index contributed by atoms with van der Waals surface area (Å²) in [4.78, 5) is 14.5. The van der Waals surface area contributed by atoms with Gasteiger partial charge in [0.25, 0.3) is 5.91 Å².